The molecule has 0 N–H and O–H groups in total. The Balaban J connectivity index is 2.83. The van der Waals surface area contributed by atoms with E-state index in [9.17, 15) is 0 Å². The Kier molecular flexibility index (Phi) is 2.07. The Morgan fingerprint density at radius 1 is 1.38 bits per heavy atom. The zero-order valence-electron chi connectivity index (χ0n) is 6.75. The van der Waals surface area contributed by atoms with Gasteiger partial charge in [0.05, 0.1) is 0 Å². The topological polar surface area (TPSA) is 36.9 Å². The van der Waals surface area contributed by atoms with Crippen LogP contribution in [0.4, 0.5) is 0 Å². The summed E-state index contributed by atoms with van der Waals surface area (Å²) in [5, 5.41) is 10.4. The van der Waals surface area contributed by atoms with Crippen LogP contribution in [-0.2, 0) is 5.33 Å². The van der Waals surface area contributed by atoms with Crippen molar-refractivity contribution in [2.45, 2.75) is 5.33 Å². The number of fused-ring (bicyclic) bond motifs is 1. The van der Waals surface area contributed by atoms with E-state index in [1.807, 2.05) is 30.3 Å². The average molecular weight is 236 g/mol. The van der Waals surface area contributed by atoms with Crippen molar-refractivity contribution in [3.63, 3.8) is 0 Å². The lowest BCUT2D eigenvalue weighted by Gasteiger charge is -1.88. The van der Waals surface area contributed by atoms with Crippen LogP contribution in [0.5, 0.6) is 0 Å². The van der Waals surface area contributed by atoms with Gasteiger partial charge in [-0.2, -0.15) is 5.26 Å². The maximum absolute atomic E-state index is 8.79. The molecule has 2 nitrogen and oxygen atoms in total. The first-order chi connectivity index (χ1) is 6.36. The predicted molar refractivity (Wildman–Crippen MR) is 53.6 cm³/mol. The van der Waals surface area contributed by atoms with Crippen molar-refractivity contribution in [1.82, 2.24) is 0 Å². The number of furan rings is 1. The molecule has 64 valence electrons. The maximum Gasteiger partial charge on any atom is 0.208 e. The van der Waals surface area contributed by atoms with Gasteiger partial charge in [0.1, 0.15) is 11.7 Å². The van der Waals surface area contributed by atoms with Crippen LogP contribution in [-0.4, -0.2) is 0 Å². The lowest BCUT2D eigenvalue weighted by atomic mass is 10.1. The molecule has 3 heteroatoms. The maximum atomic E-state index is 8.79. The number of para-hydroxylation sites is 1. The van der Waals surface area contributed by atoms with Gasteiger partial charge in [0, 0.05) is 16.3 Å². The highest BCUT2D eigenvalue weighted by Crippen LogP contribution is 2.26. The summed E-state index contributed by atoms with van der Waals surface area (Å²) in [6, 6.07) is 9.69. The summed E-state index contributed by atoms with van der Waals surface area (Å²) in [6.45, 7) is 0. The molecule has 2 aromatic rings. The van der Waals surface area contributed by atoms with Gasteiger partial charge in [-0.05, 0) is 6.07 Å². The summed E-state index contributed by atoms with van der Waals surface area (Å²) in [6.07, 6.45) is 0. The second-order valence-corrected chi connectivity index (χ2v) is 3.21. The smallest absolute Gasteiger partial charge is 0.208 e. The third-order valence-electron chi connectivity index (χ3n) is 1.93. The van der Waals surface area contributed by atoms with E-state index in [2.05, 4.69) is 15.9 Å². The third kappa shape index (κ3) is 1.24. The number of halogens is 1. The fourth-order valence-corrected chi connectivity index (χ4v) is 1.88. The van der Waals surface area contributed by atoms with E-state index in [0.717, 1.165) is 16.5 Å². The van der Waals surface area contributed by atoms with Gasteiger partial charge in [0.2, 0.25) is 5.76 Å². The number of rotatable bonds is 1. The number of nitriles is 1. The molecule has 0 saturated heterocycles. The second kappa shape index (κ2) is 3.23. The monoisotopic (exact) mass is 235 g/mol. The number of alkyl halides is 1. The van der Waals surface area contributed by atoms with E-state index < -0.39 is 0 Å². The minimum atomic E-state index is 0.401. The van der Waals surface area contributed by atoms with E-state index in [0.29, 0.717) is 11.1 Å². The van der Waals surface area contributed by atoms with E-state index >= 15 is 0 Å². The summed E-state index contributed by atoms with van der Waals surface area (Å²) in [4.78, 5) is 0. The van der Waals surface area contributed by atoms with Crippen molar-refractivity contribution in [3.05, 3.63) is 35.6 Å². The molecule has 0 unspecified atom stereocenters. The van der Waals surface area contributed by atoms with Crippen LogP contribution >= 0.6 is 15.9 Å². The predicted octanol–water partition coefficient (Wildman–Crippen LogP) is 3.20. The largest absolute Gasteiger partial charge is 0.445 e. The Hall–Kier alpha value is -1.27. The van der Waals surface area contributed by atoms with Crippen LogP contribution in [0.25, 0.3) is 11.0 Å². The molecular weight excluding hydrogens is 230 g/mol. The van der Waals surface area contributed by atoms with Gasteiger partial charge in [-0.3, -0.25) is 0 Å². The van der Waals surface area contributed by atoms with Crippen LogP contribution in [0.15, 0.2) is 28.7 Å². The Bertz CT molecular complexity index is 481. The normalized spacial score (nSPS) is 10.2. The molecular formula is C10H6BrNO. The Morgan fingerprint density at radius 3 is 2.85 bits per heavy atom. The number of hydrogen-bond acceptors (Lipinski definition) is 2. The number of nitrogens with zero attached hydrogens (tertiary/aromatic N) is 1. The van der Waals surface area contributed by atoms with Crippen molar-refractivity contribution < 1.29 is 4.42 Å². The third-order valence-corrected chi connectivity index (χ3v) is 2.49. The first-order valence-corrected chi connectivity index (χ1v) is 4.95. The van der Waals surface area contributed by atoms with Gasteiger partial charge < -0.3 is 4.42 Å². The van der Waals surface area contributed by atoms with E-state index in [1.54, 1.807) is 0 Å². The zero-order valence-corrected chi connectivity index (χ0v) is 8.34. The summed E-state index contributed by atoms with van der Waals surface area (Å²) >= 11 is 3.34. The lowest BCUT2D eigenvalue weighted by Crippen LogP contribution is -1.77. The van der Waals surface area contributed by atoms with Gasteiger partial charge in [0.15, 0.2) is 0 Å². The van der Waals surface area contributed by atoms with Gasteiger partial charge in [-0.25, -0.2) is 0 Å². The molecule has 13 heavy (non-hydrogen) atoms. The second-order valence-electron chi connectivity index (χ2n) is 2.65. The summed E-state index contributed by atoms with van der Waals surface area (Å²) in [7, 11) is 0. The van der Waals surface area contributed by atoms with Crippen LogP contribution < -0.4 is 0 Å². The molecule has 0 aliphatic heterocycles. The minimum absolute atomic E-state index is 0.401. The minimum Gasteiger partial charge on any atom is -0.445 e. The van der Waals surface area contributed by atoms with Crippen molar-refractivity contribution in [3.8, 4) is 6.07 Å². The van der Waals surface area contributed by atoms with Gasteiger partial charge in [-0.15, -0.1) is 0 Å². The Labute approximate surface area is 83.9 Å². The molecule has 0 aliphatic rings. The summed E-state index contributed by atoms with van der Waals surface area (Å²) < 4.78 is 5.35. The molecule has 0 spiro atoms. The van der Waals surface area contributed by atoms with Gasteiger partial charge in [-0.1, -0.05) is 34.1 Å². The number of benzene rings is 1. The van der Waals surface area contributed by atoms with Gasteiger partial charge in [0.25, 0.3) is 0 Å². The van der Waals surface area contributed by atoms with Crippen molar-refractivity contribution >= 4 is 26.9 Å². The highest BCUT2D eigenvalue weighted by Gasteiger charge is 2.11. The Morgan fingerprint density at radius 2 is 2.15 bits per heavy atom. The van der Waals surface area contributed by atoms with Crippen LogP contribution in [0.3, 0.4) is 0 Å². The molecule has 0 saturated carbocycles. The molecule has 0 bridgehead atoms. The van der Waals surface area contributed by atoms with Crippen molar-refractivity contribution in [2.24, 2.45) is 0 Å². The highest BCUT2D eigenvalue weighted by molar-refractivity contribution is 9.08. The van der Waals surface area contributed by atoms with Crippen LogP contribution in [0.1, 0.15) is 11.3 Å². The van der Waals surface area contributed by atoms with E-state index in [1.165, 1.54) is 0 Å². The fraction of sp³-hybridized carbons (Fsp3) is 0.100. The van der Waals surface area contributed by atoms with Crippen LogP contribution in [0.2, 0.25) is 0 Å². The molecule has 0 aliphatic carbocycles. The zero-order chi connectivity index (χ0) is 9.26. The molecule has 1 aromatic heterocycles. The first-order valence-electron chi connectivity index (χ1n) is 3.83. The van der Waals surface area contributed by atoms with E-state index in [4.69, 9.17) is 9.68 Å². The quantitative estimate of drug-likeness (QED) is 0.713. The molecule has 1 heterocycles. The molecule has 1 aromatic carbocycles. The summed E-state index contributed by atoms with van der Waals surface area (Å²) in [5.41, 5.74) is 1.70. The molecule has 0 amide bonds. The standard InChI is InChI=1S/C10H6BrNO/c11-5-8-7-3-1-2-4-9(7)13-10(8)6-12/h1-4H,5H2. The first kappa shape index (κ1) is 8.33. The fourth-order valence-electron chi connectivity index (χ4n) is 1.32. The van der Waals surface area contributed by atoms with Crippen molar-refractivity contribution in [1.29, 1.82) is 5.26 Å². The molecule has 0 fully saturated rings. The van der Waals surface area contributed by atoms with Gasteiger partial charge >= 0.3 is 0 Å². The van der Waals surface area contributed by atoms with Crippen LogP contribution in [0, 0.1) is 11.3 Å². The molecule has 0 atom stereocenters. The van der Waals surface area contributed by atoms with E-state index in [-0.39, 0.29) is 0 Å². The average Bonchev–Trinajstić information content (AvgIpc) is 2.55. The molecule has 2 rings (SSSR count). The highest BCUT2D eigenvalue weighted by atomic mass is 79.9. The van der Waals surface area contributed by atoms with Crippen molar-refractivity contribution in [2.75, 3.05) is 0 Å². The number of hydrogen-bond donors (Lipinski definition) is 0. The summed E-state index contributed by atoms with van der Waals surface area (Å²) in [5.74, 6) is 0.401. The molecule has 0 radical (unpaired) electrons. The lowest BCUT2D eigenvalue weighted by molar-refractivity contribution is 0.596. The SMILES string of the molecule is N#Cc1oc2ccccc2c1CBr.